The van der Waals surface area contributed by atoms with Gasteiger partial charge in [-0.05, 0) is 31.2 Å². The number of hydrogen-bond donors (Lipinski definition) is 2. The van der Waals surface area contributed by atoms with Crippen molar-refractivity contribution in [1.29, 1.82) is 0 Å². The first-order chi connectivity index (χ1) is 11.2. The molecule has 5 nitrogen and oxygen atoms in total. The van der Waals surface area contributed by atoms with E-state index in [0.29, 0.717) is 11.8 Å². The monoisotopic (exact) mass is 336 g/mol. The number of guanidine groups is 1. The number of likely N-dealkylation sites (tertiary alicyclic amines) is 1. The minimum absolute atomic E-state index is 0.301. The molecule has 1 atom stereocenters. The molecule has 1 fully saturated rings. The first-order valence-corrected chi connectivity index (χ1v) is 9.42. The van der Waals surface area contributed by atoms with Crippen molar-refractivity contribution in [3.05, 3.63) is 22.4 Å². The first kappa shape index (κ1) is 17.8. The second-order valence-corrected chi connectivity index (χ2v) is 6.88. The fourth-order valence-corrected chi connectivity index (χ4v) is 3.43. The highest BCUT2D eigenvalue weighted by atomic mass is 32.1. The Balaban J connectivity index is 1.72. The van der Waals surface area contributed by atoms with Crippen LogP contribution < -0.4 is 10.6 Å². The summed E-state index contributed by atoms with van der Waals surface area (Å²) in [6, 6.07) is 4.25. The van der Waals surface area contributed by atoms with Crippen molar-refractivity contribution in [2.24, 2.45) is 4.99 Å². The van der Waals surface area contributed by atoms with Crippen LogP contribution in [0.3, 0.4) is 0 Å². The normalized spacial score (nSPS) is 16.7. The van der Waals surface area contributed by atoms with Crippen LogP contribution in [-0.2, 0) is 4.79 Å². The van der Waals surface area contributed by atoms with Crippen LogP contribution in [0.25, 0.3) is 0 Å². The average Bonchev–Trinajstić information content (AvgIpc) is 3.20. The lowest BCUT2D eigenvalue weighted by Gasteiger charge is -2.17. The summed E-state index contributed by atoms with van der Waals surface area (Å²) in [4.78, 5) is 19.6. The second kappa shape index (κ2) is 9.55. The molecule has 2 N–H and O–H groups in total. The third kappa shape index (κ3) is 5.86. The summed E-state index contributed by atoms with van der Waals surface area (Å²) in [6.45, 7) is 8.51. The highest BCUT2D eigenvalue weighted by Crippen LogP contribution is 2.20. The minimum Gasteiger partial charge on any atom is -0.357 e. The third-order valence-electron chi connectivity index (χ3n) is 3.97. The number of thiophene rings is 1. The zero-order chi connectivity index (χ0) is 16.5. The van der Waals surface area contributed by atoms with E-state index in [-0.39, 0.29) is 0 Å². The number of amides is 1. The van der Waals surface area contributed by atoms with Crippen molar-refractivity contribution in [1.82, 2.24) is 15.5 Å². The lowest BCUT2D eigenvalue weighted by Crippen LogP contribution is -2.39. The molecular formula is C17H28N4OS. The van der Waals surface area contributed by atoms with Gasteiger partial charge >= 0.3 is 0 Å². The van der Waals surface area contributed by atoms with Crippen molar-refractivity contribution in [3.63, 3.8) is 0 Å². The number of aliphatic imine (C=N–C) groups is 1. The number of hydrogen-bond acceptors (Lipinski definition) is 3. The number of nitrogens with one attached hydrogen (secondary N) is 2. The third-order valence-corrected chi connectivity index (χ3v) is 5.07. The smallest absolute Gasteiger partial charge is 0.222 e. The predicted molar refractivity (Wildman–Crippen MR) is 97.1 cm³/mol. The van der Waals surface area contributed by atoms with Gasteiger partial charge in [-0.3, -0.25) is 9.79 Å². The van der Waals surface area contributed by atoms with Gasteiger partial charge < -0.3 is 15.5 Å². The number of carbonyl (C=O) groups is 1. The Kier molecular flexibility index (Phi) is 7.39. The van der Waals surface area contributed by atoms with E-state index < -0.39 is 0 Å². The quantitative estimate of drug-likeness (QED) is 0.435. The van der Waals surface area contributed by atoms with Gasteiger partial charge in [-0.25, -0.2) is 0 Å². The molecule has 1 aliphatic rings. The molecule has 128 valence electrons. The van der Waals surface area contributed by atoms with E-state index in [4.69, 9.17) is 0 Å². The van der Waals surface area contributed by atoms with Crippen LogP contribution in [0.4, 0.5) is 0 Å². The van der Waals surface area contributed by atoms with Gasteiger partial charge in [0.15, 0.2) is 5.96 Å². The molecule has 1 aromatic heterocycles. The van der Waals surface area contributed by atoms with Crippen LogP contribution in [0, 0.1) is 0 Å². The van der Waals surface area contributed by atoms with Crippen molar-refractivity contribution in [2.45, 2.75) is 39.0 Å². The van der Waals surface area contributed by atoms with Crippen LogP contribution in [0.2, 0.25) is 0 Å². The lowest BCUT2D eigenvalue weighted by atomic mass is 10.1. The Morgan fingerprint density at radius 1 is 1.48 bits per heavy atom. The van der Waals surface area contributed by atoms with Gasteiger partial charge in [-0.2, -0.15) is 0 Å². The highest BCUT2D eigenvalue weighted by molar-refractivity contribution is 7.10. The van der Waals surface area contributed by atoms with Gasteiger partial charge in [0.1, 0.15) is 0 Å². The Hall–Kier alpha value is -1.56. The van der Waals surface area contributed by atoms with E-state index in [9.17, 15) is 4.79 Å². The second-order valence-electron chi connectivity index (χ2n) is 5.90. The van der Waals surface area contributed by atoms with E-state index >= 15 is 0 Å². The van der Waals surface area contributed by atoms with Crippen LogP contribution >= 0.6 is 11.3 Å². The van der Waals surface area contributed by atoms with Crippen LogP contribution in [0.1, 0.15) is 43.9 Å². The maximum Gasteiger partial charge on any atom is 0.222 e. The van der Waals surface area contributed by atoms with Gasteiger partial charge in [0.2, 0.25) is 5.91 Å². The molecule has 2 rings (SSSR count). The molecule has 0 radical (unpaired) electrons. The minimum atomic E-state index is 0.301. The van der Waals surface area contributed by atoms with Crippen molar-refractivity contribution < 1.29 is 4.79 Å². The number of nitrogens with zero attached hydrogens (tertiary/aromatic N) is 2. The van der Waals surface area contributed by atoms with Crippen molar-refractivity contribution in [2.75, 3.05) is 32.7 Å². The Morgan fingerprint density at radius 2 is 2.35 bits per heavy atom. The van der Waals surface area contributed by atoms with Crippen LogP contribution in [0.5, 0.6) is 0 Å². The summed E-state index contributed by atoms with van der Waals surface area (Å²) in [7, 11) is 0. The molecular weight excluding hydrogens is 308 g/mol. The van der Waals surface area contributed by atoms with Crippen molar-refractivity contribution >= 4 is 23.2 Å². The zero-order valence-electron chi connectivity index (χ0n) is 14.2. The fourth-order valence-electron chi connectivity index (χ4n) is 2.65. The first-order valence-electron chi connectivity index (χ1n) is 8.54. The van der Waals surface area contributed by atoms with E-state index in [1.165, 1.54) is 4.88 Å². The fraction of sp³-hybridized carbons (Fsp3) is 0.647. The SMILES string of the molecule is CCNC(=NCC(C)c1cccs1)NCCCN1CCCC1=O. The number of carbonyl (C=O) groups excluding carboxylic acids is 1. The molecule has 0 bridgehead atoms. The lowest BCUT2D eigenvalue weighted by molar-refractivity contribution is -0.127. The molecule has 0 aromatic carbocycles. The molecule has 23 heavy (non-hydrogen) atoms. The van der Waals surface area contributed by atoms with Gasteiger partial charge in [0, 0.05) is 43.4 Å². The van der Waals surface area contributed by atoms with Gasteiger partial charge in [0.05, 0.1) is 6.54 Å². The van der Waals surface area contributed by atoms with E-state index in [0.717, 1.165) is 57.9 Å². The Labute approximate surface area is 143 Å². The summed E-state index contributed by atoms with van der Waals surface area (Å²) in [6.07, 6.45) is 2.69. The van der Waals surface area contributed by atoms with Gasteiger partial charge in [-0.1, -0.05) is 13.0 Å². The van der Waals surface area contributed by atoms with Crippen LogP contribution in [-0.4, -0.2) is 49.5 Å². The van der Waals surface area contributed by atoms with Gasteiger partial charge in [0.25, 0.3) is 0 Å². The predicted octanol–water partition coefficient (Wildman–Crippen LogP) is 2.42. The summed E-state index contributed by atoms with van der Waals surface area (Å²) in [5, 5.41) is 8.76. The molecule has 1 saturated heterocycles. The molecule has 2 heterocycles. The van der Waals surface area contributed by atoms with E-state index in [1.54, 1.807) is 11.3 Å². The zero-order valence-corrected chi connectivity index (χ0v) is 15.0. The summed E-state index contributed by atoms with van der Waals surface area (Å²) < 4.78 is 0. The van der Waals surface area contributed by atoms with Crippen LogP contribution in [0.15, 0.2) is 22.5 Å². The van der Waals surface area contributed by atoms with E-state index in [1.807, 2.05) is 4.90 Å². The Morgan fingerprint density at radius 3 is 3.00 bits per heavy atom. The molecule has 0 saturated carbocycles. The average molecular weight is 337 g/mol. The topological polar surface area (TPSA) is 56.7 Å². The highest BCUT2D eigenvalue weighted by Gasteiger charge is 2.18. The summed E-state index contributed by atoms with van der Waals surface area (Å²) >= 11 is 1.78. The molecule has 1 unspecified atom stereocenters. The summed E-state index contributed by atoms with van der Waals surface area (Å²) in [5.74, 6) is 1.60. The largest absolute Gasteiger partial charge is 0.357 e. The molecule has 1 aromatic rings. The molecule has 0 spiro atoms. The Bertz CT molecular complexity index is 501. The van der Waals surface area contributed by atoms with Crippen molar-refractivity contribution in [3.8, 4) is 0 Å². The standard InChI is InChI=1S/C17H28N4OS/c1-3-18-17(20-13-14(2)15-7-5-12-23-15)19-9-6-11-21-10-4-8-16(21)22/h5,7,12,14H,3-4,6,8-11,13H2,1-2H3,(H2,18,19,20). The maximum absolute atomic E-state index is 11.6. The molecule has 6 heteroatoms. The van der Waals surface area contributed by atoms with Gasteiger partial charge in [-0.15, -0.1) is 11.3 Å². The summed E-state index contributed by atoms with van der Waals surface area (Å²) in [5.41, 5.74) is 0. The van der Waals surface area contributed by atoms with E-state index in [2.05, 4.69) is 47.0 Å². The molecule has 1 amide bonds. The maximum atomic E-state index is 11.6. The molecule has 1 aliphatic heterocycles. The molecule has 0 aliphatic carbocycles. The number of rotatable bonds is 8.